The minimum Gasteiger partial charge on any atom is -0.467 e. The van der Waals surface area contributed by atoms with Gasteiger partial charge in [0.25, 0.3) is 5.19 Å². The Morgan fingerprint density at radius 2 is 1.93 bits per heavy atom. The first-order valence-corrected chi connectivity index (χ1v) is 11.8. The van der Waals surface area contributed by atoms with Crippen molar-refractivity contribution < 1.29 is 9.53 Å². The number of para-hydroxylation sites is 1. The van der Waals surface area contributed by atoms with Gasteiger partial charge in [-0.15, -0.1) is 0 Å². The van der Waals surface area contributed by atoms with Crippen molar-refractivity contribution >= 4 is 28.1 Å². The van der Waals surface area contributed by atoms with E-state index in [0.29, 0.717) is 12.5 Å². The van der Waals surface area contributed by atoms with Gasteiger partial charge >= 0.3 is 0 Å². The van der Waals surface area contributed by atoms with Gasteiger partial charge in [-0.3, -0.25) is 9.69 Å². The second kappa shape index (κ2) is 8.78. The summed E-state index contributed by atoms with van der Waals surface area (Å²) in [5, 5.41) is 3.90. The largest absolute Gasteiger partial charge is 0.467 e. The summed E-state index contributed by atoms with van der Waals surface area (Å²) in [4.78, 5) is 25.0. The summed E-state index contributed by atoms with van der Waals surface area (Å²) in [6.07, 6.45) is 8.78. The summed E-state index contributed by atoms with van der Waals surface area (Å²) < 4.78 is 5.99. The summed E-state index contributed by atoms with van der Waals surface area (Å²) in [5.74, 6) is 0.244. The van der Waals surface area contributed by atoms with E-state index in [1.54, 1.807) is 17.5 Å². The van der Waals surface area contributed by atoms with Crippen LogP contribution in [0.4, 0.5) is 0 Å². The van der Waals surface area contributed by atoms with E-state index >= 15 is 0 Å². The maximum absolute atomic E-state index is 12.9. The Balaban J connectivity index is 1.09. The molecule has 2 fully saturated rings. The molecule has 0 unspecified atom stereocenters. The van der Waals surface area contributed by atoms with Gasteiger partial charge in [0.1, 0.15) is 6.10 Å². The molecule has 2 saturated heterocycles. The van der Waals surface area contributed by atoms with Crippen molar-refractivity contribution in [3.8, 4) is 5.19 Å². The number of benzene rings is 1. The molecule has 1 N–H and O–H groups in total. The Morgan fingerprint density at radius 3 is 2.70 bits per heavy atom. The van der Waals surface area contributed by atoms with E-state index in [9.17, 15) is 4.79 Å². The van der Waals surface area contributed by atoms with Gasteiger partial charge in [0.15, 0.2) is 0 Å². The number of hydrogen-bond acceptors (Lipinski definition) is 5. The standard InChI is InChI=1S/C23H28N4O2S/c28-22(15-17-16-25-21-4-2-1-3-20(17)21)27-10-5-18(6-11-27)26-12-7-19(8-13-26)29-23-24-9-14-30-23/h1-4,9,14,16,18-19,25H,5-8,10-13,15H2. The third kappa shape index (κ3) is 4.23. The summed E-state index contributed by atoms with van der Waals surface area (Å²) >= 11 is 1.56. The molecule has 0 spiro atoms. The van der Waals surface area contributed by atoms with Crippen LogP contribution in [0, 0.1) is 0 Å². The number of hydrogen-bond donors (Lipinski definition) is 1. The van der Waals surface area contributed by atoms with Crippen molar-refractivity contribution in [2.24, 2.45) is 0 Å². The number of fused-ring (bicyclic) bond motifs is 1. The molecule has 0 aliphatic carbocycles. The number of thiazole rings is 1. The number of aromatic amines is 1. The summed E-state index contributed by atoms with van der Waals surface area (Å²) in [6.45, 7) is 3.87. The highest BCUT2D eigenvalue weighted by Crippen LogP contribution is 2.25. The number of ether oxygens (including phenoxy) is 1. The van der Waals surface area contributed by atoms with Gasteiger partial charge in [-0.25, -0.2) is 4.98 Å². The highest BCUT2D eigenvalue weighted by Gasteiger charge is 2.30. The van der Waals surface area contributed by atoms with E-state index in [-0.39, 0.29) is 12.0 Å². The Hall–Kier alpha value is -2.38. The fraction of sp³-hybridized carbons (Fsp3) is 0.478. The topological polar surface area (TPSA) is 61.5 Å². The zero-order chi connectivity index (χ0) is 20.3. The zero-order valence-corrected chi connectivity index (χ0v) is 17.9. The van der Waals surface area contributed by atoms with Crippen LogP contribution in [0.5, 0.6) is 5.19 Å². The summed E-state index contributed by atoms with van der Waals surface area (Å²) in [5.41, 5.74) is 2.20. The lowest BCUT2D eigenvalue weighted by atomic mass is 9.98. The number of carbonyl (C=O) groups is 1. The number of piperidine rings is 2. The van der Waals surface area contributed by atoms with Crippen molar-refractivity contribution in [1.82, 2.24) is 19.8 Å². The van der Waals surface area contributed by atoms with Crippen molar-refractivity contribution in [2.45, 2.75) is 44.2 Å². The normalized spacial score (nSPS) is 19.4. The molecule has 1 amide bonds. The fourth-order valence-corrected chi connectivity index (χ4v) is 5.35. The molecule has 6 nitrogen and oxygen atoms in total. The van der Waals surface area contributed by atoms with Gasteiger partial charge < -0.3 is 14.6 Å². The van der Waals surface area contributed by atoms with E-state index in [1.807, 2.05) is 23.7 Å². The van der Waals surface area contributed by atoms with Gasteiger partial charge in [-0.05, 0) is 37.3 Å². The number of carbonyl (C=O) groups excluding carboxylic acids is 1. The number of amides is 1. The number of likely N-dealkylation sites (tertiary alicyclic amines) is 2. The number of nitrogens with one attached hydrogen (secondary N) is 1. The van der Waals surface area contributed by atoms with E-state index in [0.717, 1.165) is 73.5 Å². The first-order chi connectivity index (χ1) is 14.8. The van der Waals surface area contributed by atoms with Crippen LogP contribution in [0.25, 0.3) is 10.9 Å². The monoisotopic (exact) mass is 424 g/mol. The number of aromatic nitrogens is 2. The van der Waals surface area contributed by atoms with Gasteiger partial charge in [0.05, 0.1) is 6.42 Å². The molecule has 1 aromatic carbocycles. The van der Waals surface area contributed by atoms with Gasteiger partial charge in [0.2, 0.25) is 5.91 Å². The van der Waals surface area contributed by atoms with Crippen molar-refractivity contribution in [3.05, 3.63) is 47.6 Å². The number of H-pyrrole nitrogens is 1. The molecule has 2 aliphatic rings. The van der Waals surface area contributed by atoms with Gasteiger partial charge in [-0.2, -0.15) is 0 Å². The minimum atomic E-state index is 0.244. The third-order valence-corrected chi connectivity index (χ3v) is 7.16. The predicted octanol–water partition coefficient (Wildman–Crippen LogP) is 3.70. The van der Waals surface area contributed by atoms with Crippen LogP contribution in [0.1, 0.15) is 31.2 Å². The number of nitrogens with zero attached hydrogens (tertiary/aromatic N) is 3. The molecule has 5 rings (SSSR count). The van der Waals surface area contributed by atoms with E-state index < -0.39 is 0 Å². The van der Waals surface area contributed by atoms with Gasteiger partial charge in [-0.1, -0.05) is 29.5 Å². The molecule has 30 heavy (non-hydrogen) atoms. The Bertz CT molecular complexity index is 970. The van der Waals surface area contributed by atoms with Crippen LogP contribution in [0.3, 0.4) is 0 Å². The van der Waals surface area contributed by atoms with Crippen LogP contribution in [-0.2, 0) is 11.2 Å². The fourth-order valence-electron chi connectivity index (χ4n) is 4.80. The Labute approximate surface area is 180 Å². The second-order valence-electron chi connectivity index (χ2n) is 8.30. The summed E-state index contributed by atoms with van der Waals surface area (Å²) in [7, 11) is 0. The van der Waals surface area contributed by atoms with Crippen LogP contribution < -0.4 is 4.74 Å². The molecule has 158 valence electrons. The average Bonchev–Trinajstić information content (AvgIpc) is 3.45. The van der Waals surface area contributed by atoms with Crippen LogP contribution >= 0.6 is 11.3 Å². The molecule has 4 heterocycles. The van der Waals surface area contributed by atoms with Crippen molar-refractivity contribution in [3.63, 3.8) is 0 Å². The summed E-state index contributed by atoms with van der Waals surface area (Å²) in [6, 6.07) is 8.77. The molecule has 7 heteroatoms. The maximum Gasteiger partial charge on any atom is 0.273 e. The molecule has 0 saturated carbocycles. The first-order valence-electron chi connectivity index (χ1n) is 10.9. The SMILES string of the molecule is O=C(Cc1c[nH]c2ccccc12)N1CCC(N2CCC(Oc3nccs3)CC2)CC1. The molecule has 0 bridgehead atoms. The van der Waals surface area contributed by atoms with Crippen LogP contribution in [0.2, 0.25) is 0 Å². The van der Waals surface area contributed by atoms with Crippen LogP contribution in [-0.4, -0.2) is 64.0 Å². The highest BCUT2D eigenvalue weighted by atomic mass is 32.1. The minimum absolute atomic E-state index is 0.244. The molecule has 0 radical (unpaired) electrons. The zero-order valence-electron chi connectivity index (χ0n) is 17.1. The van der Waals surface area contributed by atoms with Gasteiger partial charge in [0, 0.05) is 60.9 Å². The first kappa shape index (κ1) is 19.6. The number of rotatable bonds is 5. The van der Waals surface area contributed by atoms with E-state index in [4.69, 9.17) is 4.74 Å². The van der Waals surface area contributed by atoms with Crippen LogP contribution in [0.15, 0.2) is 42.0 Å². The van der Waals surface area contributed by atoms with E-state index in [1.165, 1.54) is 0 Å². The second-order valence-corrected chi connectivity index (χ2v) is 9.16. The lowest BCUT2D eigenvalue weighted by Crippen LogP contribution is -2.50. The lowest BCUT2D eigenvalue weighted by Gasteiger charge is -2.41. The molecular formula is C23H28N4O2S. The van der Waals surface area contributed by atoms with Crippen molar-refractivity contribution in [2.75, 3.05) is 26.2 Å². The lowest BCUT2D eigenvalue weighted by molar-refractivity contribution is -0.132. The molecule has 3 aromatic rings. The average molecular weight is 425 g/mol. The Kier molecular flexibility index (Phi) is 5.73. The van der Waals surface area contributed by atoms with Crippen molar-refractivity contribution in [1.29, 1.82) is 0 Å². The van der Waals surface area contributed by atoms with E-state index in [2.05, 4.69) is 31.9 Å². The smallest absolute Gasteiger partial charge is 0.273 e. The Morgan fingerprint density at radius 1 is 1.13 bits per heavy atom. The molecular weight excluding hydrogens is 396 g/mol. The maximum atomic E-state index is 12.9. The highest BCUT2D eigenvalue weighted by molar-refractivity contribution is 7.11. The quantitative estimate of drug-likeness (QED) is 0.678. The molecule has 2 aromatic heterocycles. The molecule has 2 aliphatic heterocycles. The molecule has 0 atom stereocenters. The third-order valence-electron chi connectivity index (χ3n) is 6.50. The predicted molar refractivity (Wildman–Crippen MR) is 119 cm³/mol.